The molecule has 1 fully saturated rings. The van der Waals surface area contributed by atoms with Crippen molar-refractivity contribution in [2.75, 3.05) is 25.2 Å². The molecular formula is C17H28N6O6P-. The second-order valence-corrected chi connectivity index (χ2v) is 9.97. The zero-order chi connectivity index (χ0) is 22.2. The predicted octanol–water partition coefficient (Wildman–Crippen LogP) is 0.675. The summed E-state index contributed by atoms with van der Waals surface area (Å²) in [6.45, 7) is 6.95. The molecule has 1 saturated heterocycles. The molecule has 12 nitrogen and oxygen atoms in total. The largest absolute Gasteiger partial charge is 0.778 e. The molecule has 3 heterocycles. The van der Waals surface area contributed by atoms with Gasteiger partial charge in [0.15, 0.2) is 17.7 Å². The lowest BCUT2D eigenvalue weighted by Gasteiger charge is -2.33. The van der Waals surface area contributed by atoms with Crippen molar-refractivity contribution < 1.29 is 28.2 Å². The second kappa shape index (κ2) is 8.74. The third-order valence-corrected chi connectivity index (χ3v) is 6.59. The summed E-state index contributed by atoms with van der Waals surface area (Å²) in [6.07, 6.45) is -1.85. The van der Waals surface area contributed by atoms with E-state index in [0.29, 0.717) is 11.2 Å². The average Bonchev–Trinajstić information content (AvgIpc) is 3.20. The molecule has 5 atom stereocenters. The number of nitrogens with two attached hydrogens (primary N) is 2. The van der Waals surface area contributed by atoms with Crippen molar-refractivity contribution in [3.63, 3.8) is 0 Å². The summed E-state index contributed by atoms with van der Waals surface area (Å²) in [5.74, 6) is 0.102. The van der Waals surface area contributed by atoms with Gasteiger partial charge in [-0.05, 0) is 13.8 Å². The topological polar surface area (TPSA) is 173 Å². The SMILES string of the molecule is CO[C@H]1C(OP(=O)([O-])C(C)C)[C@@H](COC(C)C)O[C@H]1n1cnc2c(N)nc(N)nc21. The number of fused-ring (bicyclic) bond motifs is 1. The molecule has 0 aliphatic carbocycles. The van der Waals surface area contributed by atoms with Crippen molar-refractivity contribution in [3.8, 4) is 0 Å². The molecule has 2 aromatic heterocycles. The van der Waals surface area contributed by atoms with Crippen molar-refractivity contribution in [2.24, 2.45) is 0 Å². The fourth-order valence-electron chi connectivity index (χ4n) is 3.16. The number of rotatable bonds is 8. The van der Waals surface area contributed by atoms with Crippen molar-refractivity contribution in [3.05, 3.63) is 6.33 Å². The Hall–Kier alpha value is -1.82. The summed E-state index contributed by atoms with van der Waals surface area (Å²) in [7, 11) is -2.72. The number of ether oxygens (including phenoxy) is 3. The number of hydrogen-bond donors (Lipinski definition) is 2. The molecule has 13 heteroatoms. The van der Waals surface area contributed by atoms with Crippen LogP contribution in [-0.2, 0) is 23.3 Å². The van der Waals surface area contributed by atoms with Gasteiger partial charge < -0.3 is 39.7 Å². The van der Waals surface area contributed by atoms with Gasteiger partial charge in [0.1, 0.15) is 31.4 Å². The van der Waals surface area contributed by atoms with Gasteiger partial charge in [0.25, 0.3) is 0 Å². The Bertz CT molecular complexity index is 937. The average molecular weight is 443 g/mol. The first kappa shape index (κ1) is 22.9. The van der Waals surface area contributed by atoms with Crippen LogP contribution in [0.2, 0.25) is 0 Å². The third-order valence-electron chi connectivity index (χ3n) is 4.79. The van der Waals surface area contributed by atoms with E-state index in [0.717, 1.165) is 0 Å². The van der Waals surface area contributed by atoms with E-state index in [1.165, 1.54) is 13.4 Å². The molecule has 2 aromatic rings. The van der Waals surface area contributed by atoms with Crippen LogP contribution in [0.1, 0.15) is 33.9 Å². The van der Waals surface area contributed by atoms with E-state index < -0.39 is 37.8 Å². The van der Waals surface area contributed by atoms with Gasteiger partial charge in [-0.3, -0.25) is 4.57 Å². The normalized spacial score (nSPS) is 26.7. The Morgan fingerprint density at radius 2 is 1.97 bits per heavy atom. The Balaban J connectivity index is 2.00. The highest BCUT2D eigenvalue weighted by molar-refractivity contribution is 7.52. The first-order chi connectivity index (χ1) is 14.0. The van der Waals surface area contributed by atoms with E-state index in [9.17, 15) is 9.46 Å². The van der Waals surface area contributed by atoms with Gasteiger partial charge in [0, 0.05) is 12.8 Å². The number of nitrogens with zero attached hydrogens (tertiary/aromatic N) is 4. The van der Waals surface area contributed by atoms with Gasteiger partial charge in [0.2, 0.25) is 5.95 Å². The molecule has 0 spiro atoms. The van der Waals surface area contributed by atoms with Crippen LogP contribution in [0.3, 0.4) is 0 Å². The summed E-state index contributed by atoms with van der Waals surface area (Å²) in [5.41, 5.74) is 11.6. The van der Waals surface area contributed by atoms with E-state index in [4.69, 9.17) is 30.2 Å². The number of imidazole rings is 1. The number of aromatic nitrogens is 4. The van der Waals surface area contributed by atoms with Crippen molar-refractivity contribution in [1.82, 2.24) is 19.5 Å². The van der Waals surface area contributed by atoms with Crippen molar-refractivity contribution in [1.29, 1.82) is 0 Å². The Morgan fingerprint density at radius 1 is 1.27 bits per heavy atom. The van der Waals surface area contributed by atoms with Crippen LogP contribution >= 0.6 is 7.60 Å². The number of nitrogen functional groups attached to an aromatic ring is 2. The smallest absolute Gasteiger partial charge is 0.224 e. The fourth-order valence-corrected chi connectivity index (χ4v) is 4.00. The Kier molecular flexibility index (Phi) is 6.66. The maximum atomic E-state index is 12.5. The summed E-state index contributed by atoms with van der Waals surface area (Å²) in [4.78, 5) is 24.8. The van der Waals surface area contributed by atoms with Gasteiger partial charge in [-0.15, -0.1) is 0 Å². The van der Waals surface area contributed by atoms with Gasteiger partial charge >= 0.3 is 0 Å². The van der Waals surface area contributed by atoms with Gasteiger partial charge in [-0.2, -0.15) is 9.97 Å². The highest BCUT2D eigenvalue weighted by Gasteiger charge is 2.49. The molecule has 0 aromatic carbocycles. The van der Waals surface area contributed by atoms with Crippen LogP contribution in [-0.4, -0.2) is 63.3 Å². The van der Waals surface area contributed by atoms with Crippen LogP contribution in [0.15, 0.2) is 6.33 Å². The molecule has 0 amide bonds. The molecule has 1 aliphatic heterocycles. The zero-order valence-corrected chi connectivity index (χ0v) is 18.5. The highest BCUT2D eigenvalue weighted by Crippen LogP contribution is 2.48. The zero-order valence-electron chi connectivity index (χ0n) is 17.6. The minimum atomic E-state index is -4.17. The molecule has 4 N–H and O–H groups in total. The molecule has 0 saturated carbocycles. The van der Waals surface area contributed by atoms with Crippen molar-refractivity contribution >= 4 is 30.5 Å². The van der Waals surface area contributed by atoms with Gasteiger partial charge in [-0.1, -0.05) is 13.8 Å². The van der Waals surface area contributed by atoms with E-state index in [1.54, 1.807) is 18.4 Å². The standard InChI is InChI=1S/C17H29N6O6P/c1-8(2)27-6-10-12(29-30(24,25)9(3)4)13(26-5)16(28-10)23-7-20-11-14(18)21-17(19)22-15(11)23/h7-10,12-13,16H,6H2,1-5H3,(H,24,25)(H4,18,19,21,22)/p-1/t10-,12?,13+,16-/m1/s1. The van der Waals surface area contributed by atoms with Crippen LogP contribution in [0, 0.1) is 0 Å². The number of hydrogen-bond acceptors (Lipinski definition) is 11. The molecule has 1 aliphatic rings. The number of anilines is 2. The highest BCUT2D eigenvalue weighted by atomic mass is 31.2. The molecule has 2 unspecified atom stereocenters. The first-order valence-electron chi connectivity index (χ1n) is 9.59. The van der Waals surface area contributed by atoms with Crippen LogP contribution < -0.4 is 16.4 Å². The summed E-state index contributed by atoms with van der Waals surface area (Å²) >= 11 is 0. The summed E-state index contributed by atoms with van der Waals surface area (Å²) < 4.78 is 37.1. The van der Waals surface area contributed by atoms with Crippen LogP contribution in [0.4, 0.5) is 11.8 Å². The van der Waals surface area contributed by atoms with E-state index in [2.05, 4.69) is 15.0 Å². The molecule has 30 heavy (non-hydrogen) atoms. The third kappa shape index (κ3) is 4.43. The minimum absolute atomic E-state index is 0.0231. The van der Waals surface area contributed by atoms with E-state index in [-0.39, 0.29) is 24.5 Å². The second-order valence-electron chi connectivity index (χ2n) is 7.64. The Labute approximate surface area is 174 Å². The lowest BCUT2D eigenvalue weighted by atomic mass is 10.1. The maximum absolute atomic E-state index is 12.5. The summed E-state index contributed by atoms with van der Waals surface area (Å²) in [6, 6.07) is 0. The number of methoxy groups -OCH3 is 1. The lowest BCUT2D eigenvalue weighted by Crippen LogP contribution is -2.39. The monoisotopic (exact) mass is 443 g/mol. The van der Waals surface area contributed by atoms with E-state index in [1.807, 2.05) is 13.8 Å². The molecule has 0 bridgehead atoms. The Morgan fingerprint density at radius 3 is 2.57 bits per heavy atom. The van der Waals surface area contributed by atoms with Crippen molar-refractivity contribution in [2.45, 2.75) is 64.0 Å². The molecule has 0 radical (unpaired) electrons. The first-order valence-corrected chi connectivity index (χ1v) is 11.2. The lowest BCUT2D eigenvalue weighted by molar-refractivity contribution is -0.209. The predicted molar refractivity (Wildman–Crippen MR) is 108 cm³/mol. The van der Waals surface area contributed by atoms with Crippen LogP contribution in [0.5, 0.6) is 0 Å². The van der Waals surface area contributed by atoms with E-state index >= 15 is 0 Å². The molecular weight excluding hydrogens is 415 g/mol. The molecule has 3 rings (SSSR count). The van der Waals surface area contributed by atoms with Gasteiger partial charge in [0.05, 0.1) is 19.0 Å². The van der Waals surface area contributed by atoms with Gasteiger partial charge in [-0.25, -0.2) is 4.98 Å². The fraction of sp³-hybridized carbons (Fsp3) is 0.706. The van der Waals surface area contributed by atoms with Crippen LogP contribution in [0.25, 0.3) is 11.2 Å². The minimum Gasteiger partial charge on any atom is -0.778 e. The molecule has 168 valence electrons. The summed E-state index contributed by atoms with van der Waals surface area (Å²) in [5, 5.41) is 0. The quantitative estimate of drug-likeness (QED) is 0.549. The maximum Gasteiger partial charge on any atom is 0.224 e.